The SMILES string of the molecule is c1ccc2c(c1)Cn1cccc1N2. The topological polar surface area (TPSA) is 17.0 Å². The smallest absolute Gasteiger partial charge is 0.110 e. The molecule has 2 nitrogen and oxygen atoms in total. The van der Waals surface area contributed by atoms with E-state index in [1.807, 2.05) is 0 Å². The molecule has 1 aromatic carbocycles. The van der Waals surface area contributed by atoms with Crippen molar-refractivity contribution in [3.05, 3.63) is 48.2 Å². The third kappa shape index (κ3) is 0.952. The Balaban J connectivity index is 2.14. The molecule has 2 aromatic rings. The number of anilines is 2. The third-order valence-corrected chi connectivity index (χ3v) is 2.45. The highest BCUT2D eigenvalue weighted by atomic mass is 15.1. The molecule has 0 radical (unpaired) electrons. The Kier molecular flexibility index (Phi) is 1.25. The number of fused-ring (bicyclic) bond motifs is 2. The van der Waals surface area contributed by atoms with Crippen molar-refractivity contribution in [1.29, 1.82) is 0 Å². The van der Waals surface area contributed by atoms with Crippen molar-refractivity contribution in [2.45, 2.75) is 6.54 Å². The minimum absolute atomic E-state index is 0.978. The number of aromatic nitrogens is 1. The van der Waals surface area contributed by atoms with Crippen molar-refractivity contribution < 1.29 is 0 Å². The number of rotatable bonds is 0. The number of nitrogens with one attached hydrogen (secondary N) is 1. The van der Waals surface area contributed by atoms with Crippen molar-refractivity contribution in [2.75, 3.05) is 5.32 Å². The van der Waals surface area contributed by atoms with E-state index in [9.17, 15) is 0 Å². The molecule has 0 fully saturated rings. The van der Waals surface area contributed by atoms with E-state index in [2.05, 4.69) is 52.5 Å². The van der Waals surface area contributed by atoms with Gasteiger partial charge < -0.3 is 9.88 Å². The summed E-state index contributed by atoms with van der Waals surface area (Å²) >= 11 is 0. The molecule has 2 heteroatoms. The first kappa shape index (κ1) is 6.78. The summed E-state index contributed by atoms with van der Waals surface area (Å²) in [7, 11) is 0. The fraction of sp³-hybridized carbons (Fsp3) is 0.0909. The normalized spacial score (nSPS) is 12.9. The lowest BCUT2D eigenvalue weighted by Gasteiger charge is -2.20. The van der Waals surface area contributed by atoms with E-state index in [-0.39, 0.29) is 0 Å². The Morgan fingerprint density at radius 2 is 2.00 bits per heavy atom. The van der Waals surface area contributed by atoms with Crippen LogP contribution in [-0.4, -0.2) is 4.57 Å². The molecule has 3 rings (SSSR count). The van der Waals surface area contributed by atoms with Crippen LogP contribution in [0.3, 0.4) is 0 Å². The van der Waals surface area contributed by atoms with E-state index in [1.165, 1.54) is 17.1 Å². The number of hydrogen-bond acceptors (Lipinski definition) is 1. The van der Waals surface area contributed by atoms with Gasteiger partial charge in [0.25, 0.3) is 0 Å². The van der Waals surface area contributed by atoms with Crippen molar-refractivity contribution in [2.24, 2.45) is 0 Å². The van der Waals surface area contributed by atoms with Crippen LogP contribution in [0.25, 0.3) is 0 Å². The quantitative estimate of drug-likeness (QED) is 0.548. The second kappa shape index (κ2) is 2.39. The number of nitrogens with zero attached hydrogens (tertiary/aromatic N) is 1. The predicted molar refractivity (Wildman–Crippen MR) is 53.3 cm³/mol. The van der Waals surface area contributed by atoms with Gasteiger partial charge in [0.1, 0.15) is 5.82 Å². The van der Waals surface area contributed by atoms with Gasteiger partial charge in [-0.1, -0.05) is 18.2 Å². The molecular formula is C11H10N2. The standard InChI is InChI=1S/C11H10N2/c1-2-5-10-9(4-1)8-13-7-3-6-11(13)12-10/h1-7,12H,8H2. The van der Waals surface area contributed by atoms with Crippen LogP contribution in [0.2, 0.25) is 0 Å². The lowest BCUT2D eigenvalue weighted by atomic mass is 10.1. The molecule has 0 unspecified atom stereocenters. The first-order valence-electron chi connectivity index (χ1n) is 4.43. The summed E-state index contributed by atoms with van der Waals surface area (Å²) in [6.45, 7) is 0.978. The maximum atomic E-state index is 3.38. The van der Waals surface area contributed by atoms with Gasteiger partial charge in [-0.15, -0.1) is 0 Å². The maximum absolute atomic E-state index is 3.38. The third-order valence-electron chi connectivity index (χ3n) is 2.45. The van der Waals surface area contributed by atoms with Crippen LogP contribution in [0, 0.1) is 0 Å². The summed E-state index contributed by atoms with van der Waals surface area (Å²) in [5.41, 5.74) is 2.58. The van der Waals surface area contributed by atoms with Gasteiger partial charge in [0, 0.05) is 11.9 Å². The zero-order chi connectivity index (χ0) is 8.67. The summed E-state index contributed by atoms with van der Waals surface area (Å²) in [5.74, 6) is 1.18. The molecule has 13 heavy (non-hydrogen) atoms. The fourth-order valence-corrected chi connectivity index (χ4v) is 1.77. The number of benzene rings is 1. The lowest BCUT2D eigenvalue weighted by Crippen LogP contribution is -2.11. The Labute approximate surface area is 76.8 Å². The molecule has 1 aliphatic rings. The first-order valence-corrected chi connectivity index (χ1v) is 4.43. The average Bonchev–Trinajstić information content (AvgIpc) is 2.61. The zero-order valence-electron chi connectivity index (χ0n) is 7.20. The summed E-state index contributed by atoms with van der Waals surface area (Å²) in [6.07, 6.45) is 2.10. The Bertz CT molecular complexity index is 403. The molecule has 2 heterocycles. The maximum Gasteiger partial charge on any atom is 0.110 e. The van der Waals surface area contributed by atoms with Gasteiger partial charge in [0.05, 0.1) is 6.54 Å². The summed E-state index contributed by atoms with van der Waals surface area (Å²) in [6, 6.07) is 12.6. The van der Waals surface area contributed by atoms with Crippen LogP contribution in [0.15, 0.2) is 42.6 Å². The molecular weight excluding hydrogens is 160 g/mol. The van der Waals surface area contributed by atoms with Crippen molar-refractivity contribution in [3.8, 4) is 0 Å². The second-order valence-electron chi connectivity index (χ2n) is 3.30. The van der Waals surface area contributed by atoms with Gasteiger partial charge in [0.15, 0.2) is 0 Å². The molecule has 0 bridgehead atoms. The van der Waals surface area contributed by atoms with Crippen LogP contribution in [0.4, 0.5) is 11.5 Å². The van der Waals surface area contributed by atoms with Crippen LogP contribution in [0.1, 0.15) is 5.56 Å². The molecule has 0 amide bonds. The minimum atomic E-state index is 0.978. The fourth-order valence-electron chi connectivity index (χ4n) is 1.77. The monoisotopic (exact) mass is 170 g/mol. The Morgan fingerprint density at radius 3 is 3.00 bits per heavy atom. The average molecular weight is 170 g/mol. The molecule has 64 valence electrons. The van der Waals surface area contributed by atoms with E-state index >= 15 is 0 Å². The van der Waals surface area contributed by atoms with Crippen LogP contribution < -0.4 is 5.32 Å². The Hall–Kier alpha value is -1.70. The highest BCUT2D eigenvalue weighted by molar-refractivity contribution is 5.64. The molecule has 0 saturated carbocycles. The highest BCUT2D eigenvalue weighted by Gasteiger charge is 2.11. The number of para-hydroxylation sites is 1. The largest absolute Gasteiger partial charge is 0.341 e. The van der Waals surface area contributed by atoms with Gasteiger partial charge in [-0.3, -0.25) is 0 Å². The van der Waals surface area contributed by atoms with Gasteiger partial charge >= 0.3 is 0 Å². The Morgan fingerprint density at radius 1 is 1.08 bits per heavy atom. The van der Waals surface area contributed by atoms with Gasteiger partial charge in [-0.05, 0) is 23.8 Å². The van der Waals surface area contributed by atoms with E-state index in [1.54, 1.807) is 0 Å². The van der Waals surface area contributed by atoms with E-state index in [4.69, 9.17) is 0 Å². The predicted octanol–water partition coefficient (Wildman–Crippen LogP) is 2.59. The van der Waals surface area contributed by atoms with Gasteiger partial charge in [-0.2, -0.15) is 0 Å². The van der Waals surface area contributed by atoms with Crippen molar-refractivity contribution in [1.82, 2.24) is 4.57 Å². The molecule has 1 aromatic heterocycles. The zero-order valence-corrected chi connectivity index (χ0v) is 7.20. The van der Waals surface area contributed by atoms with Crippen LogP contribution >= 0.6 is 0 Å². The van der Waals surface area contributed by atoms with E-state index in [0.29, 0.717) is 0 Å². The van der Waals surface area contributed by atoms with Gasteiger partial charge in [-0.25, -0.2) is 0 Å². The highest BCUT2D eigenvalue weighted by Crippen LogP contribution is 2.27. The molecule has 0 atom stereocenters. The molecule has 1 aliphatic heterocycles. The molecule has 0 aliphatic carbocycles. The summed E-state index contributed by atoms with van der Waals surface area (Å²) in [4.78, 5) is 0. The summed E-state index contributed by atoms with van der Waals surface area (Å²) in [5, 5.41) is 3.38. The molecule has 0 spiro atoms. The van der Waals surface area contributed by atoms with E-state index < -0.39 is 0 Å². The second-order valence-corrected chi connectivity index (χ2v) is 3.30. The molecule has 0 saturated heterocycles. The summed E-state index contributed by atoms with van der Waals surface area (Å²) < 4.78 is 2.21. The number of hydrogen-bond donors (Lipinski definition) is 1. The van der Waals surface area contributed by atoms with Gasteiger partial charge in [0.2, 0.25) is 0 Å². The van der Waals surface area contributed by atoms with Crippen molar-refractivity contribution in [3.63, 3.8) is 0 Å². The molecule has 1 N–H and O–H groups in total. The van der Waals surface area contributed by atoms with Crippen LogP contribution in [0.5, 0.6) is 0 Å². The first-order chi connectivity index (χ1) is 6.43. The van der Waals surface area contributed by atoms with Crippen molar-refractivity contribution >= 4 is 11.5 Å². The van der Waals surface area contributed by atoms with Crippen LogP contribution in [-0.2, 0) is 6.54 Å². The van der Waals surface area contributed by atoms with E-state index in [0.717, 1.165) is 6.54 Å². The minimum Gasteiger partial charge on any atom is -0.341 e. The lowest BCUT2D eigenvalue weighted by molar-refractivity contribution is 0.799.